The zero-order valence-electron chi connectivity index (χ0n) is 14.6. The Balaban J connectivity index is 1.48. The highest BCUT2D eigenvalue weighted by atomic mass is 16.3. The number of aliphatic hydroxyl groups is 1. The Morgan fingerprint density at radius 1 is 1.35 bits per heavy atom. The van der Waals surface area contributed by atoms with Crippen LogP contribution in [0.1, 0.15) is 36.0 Å². The van der Waals surface area contributed by atoms with Crippen molar-refractivity contribution in [3.8, 4) is 0 Å². The van der Waals surface area contributed by atoms with E-state index in [0.717, 1.165) is 28.1 Å². The lowest BCUT2D eigenvalue weighted by molar-refractivity contribution is -0.122. The van der Waals surface area contributed by atoms with Gasteiger partial charge in [-0.2, -0.15) is 0 Å². The molecular formula is C20H22N4O2. The highest BCUT2D eigenvalue weighted by Crippen LogP contribution is 2.37. The molecule has 3 aromatic rings. The van der Waals surface area contributed by atoms with Gasteiger partial charge < -0.3 is 15.4 Å². The third-order valence-corrected chi connectivity index (χ3v) is 4.97. The van der Waals surface area contributed by atoms with Crippen molar-refractivity contribution >= 4 is 16.9 Å². The molecular weight excluding hydrogens is 328 g/mol. The standard InChI is InChI=1S/C20H22N4O2/c1-12-22-16-6-5-13(8-18(16)23-12)9-19(26)24-20(14-10-15(25)11-14)17-4-2-3-7-21-17/h2-8,14-15,20,25H,9-11H2,1H3,(H,22,23)(H,24,26)/t14?,15?,20-/m1/s1. The number of aromatic nitrogens is 3. The summed E-state index contributed by atoms with van der Waals surface area (Å²) >= 11 is 0. The lowest BCUT2D eigenvalue weighted by atomic mass is 9.76. The number of aromatic amines is 1. The van der Waals surface area contributed by atoms with Gasteiger partial charge >= 0.3 is 0 Å². The largest absolute Gasteiger partial charge is 0.393 e. The van der Waals surface area contributed by atoms with Crippen LogP contribution in [0, 0.1) is 12.8 Å². The van der Waals surface area contributed by atoms with Gasteiger partial charge in [-0.15, -0.1) is 0 Å². The van der Waals surface area contributed by atoms with Gasteiger partial charge in [0.05, 0.1) is 35.3 Å². The number of nitrogens with zero attached hydrogens (tertiary/aromatic N) is 2. The first-order valence-corrected chi connectivity index (χ1v) is 8.92. The number of hydrogen-bond acceptors (Lipinski definition) is 4. The number of nitrogens with one attached hydrogen (secondary N) is 2. The van der Waals surface area contributed by atoms with Crippen LogP contribution in [-0.2, 0) is 11.2 Å². The smallest absolute Gasteiger partial charge is 0.224 e. The molecule has 0 bridgehead atoms. The molecule has 3 N–H and O–H groups in total. The lowest BCUT2D eigenvalue weighted by Crippen LogP contribution is -2.42. The number of benzene rings is 1. The van der Waals surface area contributed by atoms with Crippen LogP contribution in [0.4, 0.5) is 0 Å². The minimum atomic E-state index is -0.269. The van der Waals surface area contributed by atoms with Gasteiger partial charge in [0.2, 0.25) is 5.91 Å². The van der Waals surface area contributed by atoms with Crippen molar-refractivity contribution < 1.29 is 9.90 Å². The summed E-state index contributed by atoms with van der Waals surface area (Å²) in [6.07, 6.45) is 3.15. The van der Waals surface area contributed by atoms with Crippen molar-refractivity contribution in [2.45, 2.75) is 38.3 Å². The van der Waals surface area contributed by atoms with Crippen molar-refractivity contribution in [3.05, 3.63) is 59.7 Å². The van der Waals surface area contributed by atoms with E-state index in [9.17, 15) is 9.90 Å². The fraction of sp³-hybridized carbons (Fsp3) is 0.350. The summed E-state index contributed by atoms with van der Waals surface area (Å²) in [5.41, 5.74) is 3.63. The number of aliphatic hydroxyl groups excluding tert-OH is 1. The number of rotatable bonds is 5. The fourth-order valence-corrected chi connectivity index (χ4v) is 3.60. The molecule has 1 atom stereocenters. The van der Waals surface area contributed by atoms with Crippen LogP contribution in [0.3, 0.4) is 0 Å². The number of carbonyl (C=O) groups is 1. The summed E-state index contributed by atoms with van der Waals surface area (Å²) in [6, 6.07) is 11.4. The Morgan fingerprint density at radius 3 is 2.92 bits per heavy atom. The van der Waals surface area contributed by atoms with Gasteiger partial charge in [-0.25, -0.2) is 4.98 Å². The maximum atomic E-state index is 12.6. The van der Waals surface area contributed by atoms with E-state index >= 15 is 0 Å². The van der Waals surface area contributed by atoms with E-state index < -0.39 is 0 Å². The van der Waals surface area contributed by atoms with Gasteiger partial charge in [0, 0.05) is 6.20 Å². The second-order valence-corrected chi connectivity index (χ2v) is 7.04. The van der Waals surface area contributed by atoms with E-state index in [1.165, 1.54) is 0 Å². The number of fused-ring (bicyclic) bond motifs is 1. The highest BCUT2D eigenvalue weighted by molar-refractivity contribution is 5.82. The number of aryl methyl sites for hydroxylation is 1. The average Bonchev–Trinajstić information content (AvgIpc) is 2.97. The van der Waals surface area contributed by atoms with Crippen LogP contribution in [0.25, 0.3) is 11.0 Å². The third-order valence-electron chi connectivity index (χ3n) is 4.97. The summed E-state index contributed by atoms with van der Waals surface area (Å²) in [5, 5.41) is 12.8. The lowest BCUT2D eigenvalue weighted by Gasteiger charge is -2.37. The number of H-pyrrole nitrogens is 1. The van der Waals surface area contributed by atoms with E-state index in [0.29, 0.717) is 19.3 Å². The number of pyridine rings is 1. The molecule has 1 saturated carbocycles. The van der Waals surface area contributed by atoms with E-state index in [4.69, 9.17) is 0 Å². The van der Waals surface area contributed by atoms with Crippen LogP contribution in [0.15, 0.2) is 42.6 Å². The van der Waals surface area contributed by atoms with Crippen molar-refractivity contribution in [3.63, 3.8) is 0 Å². The van der Waals surface area contributed by atoms with Crippen LogP contribution in [0.2, 0.25) is 0 Å². The maximum Gasteiger partial charge on any atom is 0.224 e. The highest BCUT2D eigenvalue weighted by Gasteiger charge is 2.36. The molecule has 0 radical (unpaired) electrons. The predicted octanol–water partition coefficient (Wildman–Crippen LogP) is 2.44. The molecule has 0 unspecified atom stereocenters. The molecule has 1 aliphatic carbocycles. The van der Waals surface area contributed by atoms with E-state index in [2.05, 4.69) is 20.3 Å². The molecule has 1 fully saturated rings. The summed E-state index contributed by atoms with van der Waals surface area (Å²) in [4.78, 5) is 24.6. The van der Waals surface area contributed by atoms with Crippen molar-refractivity contribution in [2.75, 3.05) is 0 Å². The SMILES string of the molecule is Cc1nc2ccc(CC(=O)N[C@@H](c3ccccn3)C3CC(O)C3)cc2[nH]1. The molecule has 6 nitrogen and oxygen atoms in total. The van der Waals surface area contributed by atoms with Gasteiger partial charge in [-0.3, -0.25) is 9.78 Å². The Morgan fingerprint density at radius 2 is 2.19 bits per heavy atom. The van der Waals surface area contributed by atoms with Crippen LogP contribution in [0.5, 0.6) is 0 Å². The topological polar surface area (TPSA) is 90.9 Å². The quantitative estimate of drug-likeness (QED) is 0.659. The van der Waals surface area contributed by atoms with Gasteiger partial charge in [-0.1, -0.05) is 12.1 Å². The first-order valence-electron chi connectivity index (χ1n) is 8.92. The zero-order valence-corrected chi connectivity index (χ0v) is 14.6. The zero-order chi connectivity index (χ0) is 18.1. The molecule has 2 aromatic heterocycles. The molecule has 6 heteroatoms. The molecule has 26 heavy (non-hydrogen) atoms. The van der Waals surface area contributed by atoms with E-state index in [1.807, 2.05) is 43.3 Å². The molecule has 0 aliphatic heterocycles. The molecule has 134 valence electrons. The van der Waals surface area contributed by atoms with E-state index in [1.54, 1.807) is 6.20 Å². The third kappa shape index (κ3) is 3.46. The summed E-state index contributed by atoms with van der Waals surface area (Å²) < 4.78 is 0. The first-order chi connectivity index (χ1) is 12.6. The number of imidazole rings is 1. The Labute approximate surface area is 151 Å². The van der Waals surface area contributed by atoms with Crippen molar-refractivity contribution in [2.24, 2.45) is 5.92 Å². The Kier molecular flexibility index (Phi) is 4.42. The molecule has 1 amide bonds. The second-order valence-electron chi connectivity index (χ2n) is 7.04. The maximum absolute atomic E-state index is 12.6. The number of carbonyl (C=O) groups excluding carboxylic acids is 1. The summed E-state index contributed by atoms with van der Waals surface area (Å²) in [5.74, 6) is 1.04. The fourth-order valence-electron chi connectivity index (χ4n) is 3.60. The molecule has 0 spiro atoms. The first kappa shape index (κ1) is 16.7. The minimum Gasteiger partial charge on any atom is -0.393 e. The van der Waals surface area contributed by atoms with Crippen LogP contribution >= 0.6 is 0 Å². The second kappa shape index (κ2) is 6.88. The minimum absolute atomic E-state index is 0.0439. The van der Waals surface area contributed by atoms with Gasteiger partial charge in [-0.05, 0) is 55.5 Å². The predicted molar refractivity (Wildman–Crippen MR) is 98.4 cm³/mol. The van der Waals surface area contributed by atoms with Crippen LogP contribution < -0.4 is 5.32 Å². The van der Waals surface area contributed by atoms with Crippen molar-refractivity contribution in [1.82, 2.24) is 20.3 Å². The van der Waals surface area contributed by atoms with Gasteiger partial charge in [0.15, 0.2) is 0 Å². The Bertz CT molecular complexity index is 916. The molecule has 4 rings (SSSR count). The number of hydrogen-bond donors (Lipinski definition) is 3. The van der Waals surface area contributed by atoms with Crippen LogP contribution in [-0.4, -0.2) is 32.1 Å². The van der Waals surface area contributed by atoms with Crippen molar-refractivity contribution in [1.29, 1.82) is 0 Å². The summed E-state index contributed by atoms with van der Waals surface area (Å²) in [7, 11) is 0. The number of amides is 1. The Hall–Kier alpha value is -2.73. The monoisotopic (exact) mass is 350 g/mol. The molecule has 1 aliphatic rings. The summed E-state index contributed by atoms with van der Waals surface area (Å²) in [6.45, 7) is 1.91. The molecule has 1 aromatic carbocycles. The normalized spacial score (nSPS) is 20.5. The van der Waals surface area contributed by atoms with E-state index in [-0.39, 0.29) is 24.0 Å². The van der Waals surface area contributed by atoms with Gasteiger partial charge in [0.1, 0.15) is 5.82 Å². The van der Waals surface area contributed by atoms with Gasteiger partial charge in [0.25, 0.3) is 0 Å². The average molecular weight is 350 g/mol. The molecule has 2 heterocycles. The molecule has 0 saturated heterocycles.